The van der Waals surface area contributed by atoms with Crippen LogP contribution in [0, 0.1) is 20.8 Å². The molecule has 3 rings (SSSR count). The second kappa shape index (κ2) is 6.11. The first-order valence-electron chi connectivity index (χ1n) is 7.27. The maximum Gasteiger partial charge on any atom is 0.267 e. The number of hydrogen-bond donors (Lipinski definition) is 1. The van der Waals surface area contributed by atoms with Gasteiger partial charge in [-0.15, -0.1) is 5.10 Å². The molecule has 9 heteroatoms. The largest absolute Gasteiger partial charge is 0.360 e. The molecule has 0 unspecified atom stereocenters. The average Bonchev–Trinajstić information content (AvgIpc) is 3.06. The average molecular weight is 328 g/mol. The van der Waals surface area contributed by atoms with E-state index in [0.29, 0.717) is 17.4 Å². The zero-order valence-electron chi connectivity index (χ0n) is 13.5. The number of anilines is 1. The number of hydrogen-bond acceptors (Lipinski definition) is 6. The summed E-state index contributed by atoms with van der Waals surface area (Å²) in [4.78, 5) is 24.0. The fourth-order valence-corrected chi connectivity index (χ4v) is 2.27. The molecule has 124 valence electrons. The van der Waals surface area contributed by atoms with Gasteiger partial charge in [0, 0.05) is 17.8 Å². The highest BCUT2D eigenvalue weighted by Gasteiger charge is 2.11. The number of rotatable bonds is 4. The van der Waals surface area contributed by atoms with E-state index in [1.54, 1.807) is 23.7 Å². The molecule has 1 amide bonds. The third kappa shape index (κ3) is 3.24. The predicted molar refractivity (Wildman–Crippen MR) is 85.0 cm³/mol. The summed E-state index contributed by atoms with van der Waals surface area (Å²) >= 11 is 0. The van der Waals surface area contributed by atoms with Crippen LogP contribution in [0.3, 0.4) is 0 Å². The Hall–Kier alpha value is -3.23. The minimum atomic E-state index is -0.427. The van der Waals surface area contributed by atoms with E-state index in [1.807, 2.05) is 19.9 Å². The lowest BCUT2D eigenvalue weighted by molar-refractivity contribution is -0.117. The molecule has 1 N–H and O–H groups in total. The smallest absolute Gasteiger partial charge is 0.267 e. The highest BCUT2D eigenvalue weighted by atomic mass is 16.5. The fraction of sp³-hybridized carbons (Fsp3) is 0.267. The number of nitrogens with zero attached hydrogens (tertiary/aromatic N) is 5. The molecule has 0 aliphatic carbocycles. The first-order valence-corrected chi connectivity index (χ1v) is 7.27. The summed E-state index contributed by atoms with van der Waals surface area (Å²) in [5.41, 5.74) is 1.34. The van der Waals surface area contributed by atoms with Crippen LogP contribution in [0.2, 0.25) is 0 Å². The van der Waals surface area contributed by atoms with Crippen molar-refractivity contribution in [2.75, 3.05) is 5.32 Å². The maximum absolute atomic E-state index is 12.0. The lowest BCUT2D eigenvalue weighted by atomic mass is 10.4. The molecule has 0 aliphatic rings. The van der Waals surface area contributed by atoms with Gasteiger partial charge in [0.2, 0.25) is 5.91 Å². The van der Waals surface area contributed by atoms with E-state index in [-0.39, 0.29) is 12.1 Å². The van der Waals surface area contributed by atoms with E-state index < -0.39 is 5.91 Å². The van der Waals surface area contributed by atoms with Crippen molar-refractivity contribution in [1.29, 1.82) is 0 Å². The van der Waals surface area contributed by atoms with E-state index in [0.717, 1.165) is 16.1 Å². The van der Waals surface area contributed by atoms with Gasteiger partial charge < -0.3 is 9.84 Å². The highest BCUT2D eigenvalue weighted by molar-refractivity contribution is 5.89. The topological polar surface area (TPSA) is 108 Å². The van der Waals surface area contributed by atoms with Gasteiger partial charge in [0.25, 0.3) is 5.56 Å². The molecule has 0 radical (unpaired) electrons. The Morgan fingerprint density at radius 1 is 1.21 bits per heavy atom. The Balaban J connectivity index is 1.83. The van der Waals surface area contributed by atoms with Crippen LogP contribution in [0.5, 0.6) is 0 Å². The van der Waals surface area contributed by atoms with Crippen LogP contribution in [0.25, 0.3) is 5.82 Å². The Morgan fingerprint density at radius 3 is 2.62 bits per heavy atom. The summed E-state index contributed by atoms with van der Waals surface area (Å²) in [6.07, 6.45) is 0. The van der Waals surface area contributed by atoms with Crippen molar-refractivity contribution >= 4 is 11.7 Å². The molecule has 24 heavy (non-hydrogen) atoms. The predicted octanol–water partition coefficient (Wildman–Crippen LogP) is 0.981. The van der Waals surface area contributed by atoms with E-state index in [4.69, 9.17) is 4.52 Å². The molecule has 0 saturated carbocycles. The van der Waals surface area contributed by atoms with Crippen molar-refractivity contribution in [1.82, 2.24) is 24.7 Å². The first kappa shape index (κ1) is 15.7. The Bertz CT molecular complexity index is 952. The standard InChI is InChI=1S/C15H16N6O3/c1-9-6-10(2)21(17-9)13-4-5-15(23)20(18-13)8-14(22)16-12-7-11(3)24-19-12/h4-7H,8H2,1-3H3,(H,16,19,22). The number of carbonyl (C=O) groups is 1. The zero-order chi connectivity index (χ0) is 17.3. The van der Waals surface area contributed by atoms with Crippen LogP contribution in [0.15, 0.2) is 33.6 Å². The number of aromatic nitrogens is 5. The molecule has 0 aromatic carbocycles. The second-order valence-electron chi connectivity index (χ2n) is 5.40. The quantitative estimate of drug-likeness (QED) is 0.765. The fourth-order valence-electron chi connectivity index (χ4n) is 2.27. The summed E-state index contributed by atoms with van der Waals surface area (Å²) in [7, 11) is 0. The molecule has 0 aliphatic heterocycles. The van der Waals surface area contributed by atoms with Crippen molar-refractivity contribution in [3.05, 3.63) is 51.8 Å². The van der Waals surface area contributed by atoms with Gasteiger partial charge in [0.05, 0.1) is 5.69 Å². The van der Waals surface area contributed by atoms with Crippen molar-refractivity contribution in [3.63, 3.8) is 0 Å². The molecule has 0 saturated heterocycles. The molecular weight excluding hydrogens is 312 g/mol. The molecular formula is C15H16N6O3. The van der Waals surface area contributed by atoms with Gasteiger partial charge in [-0.3, -0.25) is 9.59 Å². The number of amides is 1. The summed E-state index contributed by atoms with van der Waals surface area (Å²) in [5.74, 6) is 0.904. The Kier molecular flexibility index (Phi) is 3.98. The van der Waals surface area contributed by atoms with E-state index >= 15 is 0 Å². The molecule has 0 fully saturated rings. The van der Waals surface area contributed by atoms with Crippen LogP contribution in [-0.4, -0.2) is 30.6 Å². The number of nitrogens with one attached hydrogen (secondary N) is 1. The van der Waals surface area contributed by atoms with Gasteiger partial charge in [-0.1, -0.05) is 5.16 Å². The third-order valence-electron chi connectivity index (χ3n) is 3.27. The summed E-state index contributed by atoms with van der Waals surface area (Å²) in [5, 5.41) is 14.7. The number of carbonyl (C=O) groups excluding carboxylic acids is 1. The van der Waals surface area contributed by atoms with Crippen molar-refractivity contribution in [2.24, 2.45) is 0 Å². The summed E-state index contributed by atoms with van der Waals surface area (Å²) in [6, 6.07) is 6.40. The Labute approximate surface area is 136 Å². The van der Waals surface area contributed by atoms with Gasteiger partial charge in [-0.2, -0.15) is 5.10 Å². The highest BCUT2D eigenvalue weighted by Crippen LogP contribution is 2.08. The van der Waals surface area contributed by atoms with Gasteiger partial charge >= 0.3 is 0 Å². The number of aryl methyl sites for hydroxylation is 3. The minimum Gasteiger partial charge on any atom is -0.360 e. The van der Waals surface area contributed by atoms with Crippen LogP contribution < -0.4 is 10.9 Å². The van der Waals surface area contributed by atoms with Gasteiger partial charge in [0.15, 0.2) is 11.6 Å². The summed E-state index contributed by atoms with van der Waals surface area (Å²) in [6.45, 7) is 5.23. The molecule has 0 atom stereocenters. The van der Waals surface area contributed by atoms with Crippen LogP contribution in [0.1, 0.15) is 17.1 Å². The van der Waals surface area contributed by atoms with Crippen molar-refractivity contribution in [2.45, 2.75) is 27.3 Å². The zero-order valence-corrected chi connectivity index (χ0v) is 13.5. The van der Waals surface area contributed by atoms with Gasteiger partial charge in [0.1, 0.15) is 12.3 Å². The lowest BCUT2D eigenvalue weighted by Crippen LogP contribution is -2.30. The van der Waals surface area contributed by atoms with Crippen LogP contribution in [0.4, 0.5) is 5.82 Å². The maximum atomic E-state index is 12.0. The monoisotopic (exact) mass is 328 g/mol. The molecule has 3 heterocycles. The molecule has 9 nitrogen and oxygen atoms in total. The van der Waals surface area contributed by atoms with Gasteiger partial charge in [-0.05, 0) is 32.9 Å². The summed E-state index contributed by atoms with van der Waals surface area (Å²) < 4.78 is 7.56. The van der Waals surface area contributed by atoms with E-state index in [2.05, 4.69) is 20.7 Å². The van der Waals surface area contributed by atoms with E-state index in [9.17, 15) is 9.59 Å². The van der Waals surface area contributed by atoms with Crippen molar-refractivity contribution in [3.8, 4) is 5.82 Å². The molecule has 3 aromatic rings. The second-order valence-corrected chi connectivity index (χ2v) is 5.40. The van der Waals surface area contributed by atoms with Crippen LogP contribution >= 0.6 is 0 Å². The molecule has 3 aromatic heterocycles. The molecule has 0 bridgehead atoms. The SMILES string of the molecule is Cc1cc(C)n(-c2ccc(=O)n(CC(=O)Nc3cc(C)on3)n2)n1. The third-order valence-corrected chi connectivity index (χ3v) is 3.27. The lowest BCUT2D eigenvalue weighted by Gasteiger charge is -2.07. The first-order chi connectivity index (χ1) is 11.4. The Morgan fingerprint density at radius 2 is 2.00 bits per heavy atom. The molecule has 0 spiro atoms. The van der Waals surface area contributed by atoms with Crippen LogP contribution in [-0.2, 0) is 11.3 Å². The normalized spacial score (nSPS) is 10.8. The minimum absolute atomic E-state index is 0.238. The van der Waals surface area contributed by atoms with Gasteiger partial charge in [-0.25, -0.2) is 9.36 Å². The van der Waals surface area contributed by atoms with E-state index in [1.165, 1.54) is 6.07 Å². The van der Waals surface area contributed by atoms with Crippen molar-refractivity contribution < 1.29 is 9.32 Å².